The Balaban J connectivity index is 0.00000392. The molecule has 0 spiro atoms. The number of halogens is 1. The van der Waals surface area contributed by atoms with E-state index < -0.39 is 0 Å². The van der Waals surface area contributed by atoms with E-state index in [0.717, 1.165) is 30.9 Å². The van der Waals surface area contributed by atoms with Gasteiger partial charge in [0.05, 0.1) is 6.54 Å². The van der Waals surface area contributed by atoms with E-state index in [2.05, 4.69) is 38.1 Å². The van der Waals surface area contributed by atoms with Crippen LogP contribution in [0, 0.1) is 0 Å². The summed E-state index contributed by atoms with van der Waals surface area (Å²) in [5, 5.41) is 17.4. The van der Waals surface area contributed by atoms with Gasteiger partial charge in [0.2, 0.25) is 5.91 Å². The van der Waals surface area contributed by atoms with Crippen molar-refractivity contribution in [2.75, 3.05) is 19.6 Å². The van der Waals surface area contributed by atoms with Crippen LogP contribution in [0.1, 0.15) is 31.7 Å². The lowest BCUT2D eigenvalue weighted by molar-refractivity contribution is -0.121. The van der Waals surface area contributed by atoms with Gasteiger partial charge in [-0.25, -0.2) is 0 Å². The maximum Gasteiger partial charge on any atom is 0.222 e. The third kappa shape index (κ3) is 8.68. The largest absolute Gasteiger partial charge is 0.357 e. The minimum Gasteiger partial charge on any atom is -0.357 e. The molecular formula is C19H30IN7O. The first kappa shape index (κ1) is 23.9. The van der Waals surface area contributed by atoms with Crippen LogP contribution >= 0.6 is 24.0 Å². The van der Waals surface area contributed by atoms with Crippen molar-refractivity contribution < 1.29 is 4.79 Å². The molecule has 3 N–H and O–H groups in total. The predicted octanol–water partition coefficient (Wildman–Crippen LogP) is 1.72. The second kappa shape index (κ2) is 13.9. The molecule has 0 atom stereocenters. The van der Waals surface area contributed by atoms with Crippen molar-refractivity contribution in [1.82, 2.24) is 30.7 Å². The van der Waals surface area contributed by atoms with Gasteiger partial charge in [-0.3, -0.25) is 9.79 Å². The molecule has 0 aliphatic rings. The summed E-state index contributed by atoms with van der Waals surface area (Å²) in [6.07, 6.45) is 2.95. The molecular weight excluding hydrogens is 469 g/mol. The van der Waals surface area contributed by atoms with Gasteiger partial charge in [0.25, 0.3) is 0 Å². The molecule has 0 bridgehead atoms. The first-order valence-electron chi connectivity index (χ1n) is 9.42. The number of nitrogens with zero attached hydrogens (tertiary/aromatic N) is 4. The van der Waals surface area contributed by atoms with Crippen LogP contribution in [0.15, 0.2) is 41.7 Å². The zero-order valence-corrected chi connectivity index (χ0v) is 18.8. The number of rotatable bonds is 10. The molecule has 8 nitrogen and oxygen atoms in total. The van der Waals surface area contributed by atoms with Gasteiger partial charge in [-0.1, -0.05) is 37.3 Å². The van der Waals surface area contributed by atoms with Crippen LogP contribution < -0.4 is 16.0 Å². The molecule has 2 aromatic rings. The summed E-state index contributed by atoms with van der Waals surface area (Å²) in [4.78, 5) is 16.4. The summed E-state index contributed by atoms with van der Waals surface area (Å²) < 4.78 is 2.02. The average molecular weight is 499 g/mol. The van der Waals surface area contributed by atoms with E-state index >= 15 is 0 Å². The highest BCUT2D eigenvalue weighted by Gasteiger charge is 2.04. The van der Waals surface area contributed by atoms with Crippen molar-refractivity contribution in [3.05, 3.63) is 48.0 Å². The molecule has 0 saturated heterocycles. The zero-order chi connectivity index (χ0) is 19.3. The van der Waals surface area contributed by atoms with E-state index in [1.54, 1.807) is 6.33 Å². The number of aryl methyl sites for hydroxylation is 1. The molecule has 2 rings (SSSR count). The molecule has 1 aromatic heterocycles. The Morgan fingerprint density at radius 1 is 1.14 bits per heavy atom. The smallest absolute Gasteiger partial charge is 0.222 e. The van der Waals surface area contributed by atoms with Gasteiger partial charge in [0, 0.05) is 39.0 Å². The average Bonchev–Trinajstić information content (AvgIpc) is 3.15. The maximum atomic E-state index is 12.0. The Morgan fingerprint density at radius 2 is 1.93 bits per heavy atom. The molecule has 0 fully saturated rings. The van der Waals surface area contributed by atoms with Crippen molar-refractivity contribution in [3.8, 4) is 0 Å². The molecule has 9 heteroatoms. The maximum absolute atomic E-state index is 12.0. The number of hydrogen-bond donors (Lipinski definition) is 3. The number of carbonyl (C=O) groups is 1. The summed E-state index contributed by atoms with van der Waals surface area (Å²) in [7, 11) is 0. The minimum absolute atomic E-state index is 0. The molecule has 154 valence electrons. The molecule has 0 aliphatic heterocycles. The number of hydrogen-bond acceptors (Lipinski definition) is 4. The zero-order valence-electron chi connectivity index (χ0n) is 16.5. The van der Waals surface area contributed by atoms with E-state index in [1.807, 2.05) is 41.8 Å². The van der Waals surface area contributed by atoms with Crippen LogP contribution in [0.25, 0.3) is 0 Å². The lowest BCUT2D eigenvalue weighted by Crippen LogP contribution is -2.39. The Hall–Kier alpha value is -2.17. The molecule has 28 heavy (non-hydrogen) atoms. The fraction of sp³-hybridized carbons (Fsp3) is 0.474. The Labute approximate surface area is 183 Å². The van der Waals surface area contributed by atoms with Crippen LogP contribution in [0.2, 0.25) is 0 Å². The first-order chi connectivity index (χ1) is 13.2. The summed E-state index contributed by atoms with van der Waals surface area (Å²) in [6, 6.07) is 9.87. The Morgan fingerprint density at radius 3 is 2.64 bits per heavy atom. The van der Waals surface area contributed by atoms with Crippen LogP contribution in [0.3, 0.4) is 0 Å². The topological polar surface area (TPSA) is 96.2 Å². The minimum atomic E-state index is -0.00414. The van der Waals surface area contributed by atoms with Gasteiger partial charge in [-0.2, -0.15) is 0 Å². The van der Waals surface area contributed by atoms with Crippen molar-refractivity contribution in [3.63, 3.8) is 0 Å². The Bertz CT molecular complexity index is 718. The van der Waals surface area contributed by atoms with Crippen molar-refractivity contribution in [1.29, 1.82) is 0 Å². The van der Waals surface area contributed by atoms with E-state index in [0.29, 0.717) is 32.0 Å². The molecule has 1 heterocycles. The molecule has 1 aromatic carbocycles. The Kier molecular flexibility index (Phi) is 11.9. The fourth-order valence-electron chi connectivity index (χ4n) is 2.53. The van der Waals surface area contributed by atoms with Crippen LogP contribution in [-0.4, -0.2) is 46.3 Å². The number of amides is 1. The van der Waals surface area contributed by atoms with Crippen molar-refractivity contribution >= 4 is 35.8 Å². The van der Waals surface area contributed by atoms with Crippen LogP contribution in [0.5, 0.6) is 0 Å². The summed E-state index contributed by atoms with van der Waals surface area (Å²) in [6.45, 7) is 7.28. The van der Waals surface area contributed by atoms with Gasteiger partial charge in [-0.05, 0) is 12.5 Å². The van der Waals surface area contributed by atoms with E-state index in [-0.39, 0.29) is 29.9 Å². The molecule has 1 amide bonds. The number of guanidine groups is 1. The highest BCUT2D eigenvalue weighted by Crippen LogP contribution is 1.97. The summed E-state index contributed by atoms with van der Waals surface area (Å²) in [5.74, 6) is 1.67. The van der Waals surface area contributed by atoms with E-state index in [4.69, 9.17) is 0 Å². The highest BCUT2D eigenvalue weighted by molar-refractivity contribution is 14.0. The summed E-state index contributed by atoms with van der Waals surface area (Å²) in [5.41, 5.74) is 1.09. The van der Waals surface area contributed by atoms with Crippen molar-refractivity contribution in [2.24, 2.45) is 4.99 Å². The third-order valence-corrected chi connectivity index (χ3v) is 3.94. The highest BCUT2D eigenvalue weighted by atomic mass is 127. The molecule has 0 radical (unpaired) electrons. The first-order valence-corrected chi connectivity index (χ1v) is 9.42. The number of benzene rings is 1. The number of aliphatic imine (C=N–C) groups is 1. The summed E-state index contributed by atoms with van der Waals surface area (Å²) >= 11 is 0. The quantitative estimate of drug-likeness (QED) is 0.263. The second-order valence-electron chi connectivity index (χ2n) is 5.99. The van der Waals surface area contributed by atoms with Crippen molar-refractivity contribution in [2.45, 2.75) is 39.8 Å². The number of aromatic nitrogens is 3. The van der Waals surface area contributed by atoms with Gasteiger partial charge >= 0.3 is 0 Å². The van der Waals surface area contributed by atoms with Gasteiger partial charge < -0.3 is 20.5 Å². The monoisotopic (exact) mass is 499 g/mol. The van der Waals surface area contributed by atoms with Gasteiger partial charge in [0.15, 0.2) is 5.96 Å². The molecule has 0 unspecified atom stereocenters. The predicted molar refractivity (Wildman–Crippen MR) is 122 cm³/mol. The third-order valence-electron chi connectivity index (χ3n) is 3.94. The normalized spacial score (nSPS) is 10.9. The molecule has 0 aliphatic carbocycles. The lowest BCUT2D eigenvalue weighted by atomic mass is 10.2. The lowest BCUT2D eigenvalue weighted by Gasteiger charge is -2.12. The number of nitrogens with one attached hydrogen (secondary N) is 3. The number of carbonyl (C=O) groups excluding carboxylic acids is 1. The van der Waals surface area contributed by atoms with Crippen LogP contribution in [-0.2, 0) is 24.3 Å². The SMILES string of the molecule is CCNC(=NCCC(=O)NCc1ccccc1)NCCn1cnnc1CC.I. The fourth-order valence-corrected chi connectivity index (χ4v) is 2.53. The van der Waals surface area contributed by atoms with Crippen LogP contribution in [0.4, 0.5) is 0 Å². The standard InChI is InChI=1S/C19H29N7O.HI/c1-3-17-25-24-15-26(17)13-12-22-19(20-4-2)21-11-10-18(27)23-14-16-8-6-5-7-9-16;/h5-9,15H,3-4,10-14H2,1-2H3,(H,23,27)(H2,20,21,22);1H. The van der Waals surface area contributed by atoms with Gasteiger partial charge in [0.1, 0.15) is 12.2 Å². The molecule has 0 saturated carbocycles. The van der Waals surface area contributed by atoms with E-state index in [1.165, 1.54) is 0 Å². The van der Waals surface area contributed by atoms with E-state index in [9.17, 15) is 4.79 Å². The van der Waals surface area contributed by atoms with Gasteiger partial charge in [-0.15, -0.1) is 34.2 Å². The second-order valence-corrected chi connectivity index (χ2v) is 5.99.